The van der Waals surface area contributed by atoms with Gasteiger partial charge in [0.2, 0.25) is 6.41 Å². The quantitative estimate of drug-likeness (QED) is 0.714. The molecule has 2 aromatic rings. The van der Waals surface area contributed by atoms with E-state index in [1.54, 1.807) is 16.8 Å². The summed E-state index contributed by atoms with van der Waals surface area (Å²) in [7, 11) is 0. The molecule has 0 aromatic carbocycles. The van der Waals surface area contributed by atoms with Gasteiger partial charge in [0.05, 0.1) is 35.7 Å². The number of hydrogen-bond donors (Lipinski definition) is 1. The van der Waals surface area contributed by atoms with Gasteiger partial charge in [0.1, 0.15) is 24.5 Å². The summed E-state index contributed by atoms with van der Waals surface area (Å²) in [5.41, 5.74) is 0.761. The largest absolute Gasteiger partial charge is 0.489 e. The number of ether oxygens (including phenoxy) is 3. The Bertz CT molecular complexity index is 842. The van der Waals surface area contributed by atoms with Crippen molar-refractivity contribution in [1.82, 2.24) is 14.5 Å². The molecule has 1 saturated heterocycles. The maximum atomic E-state index is 10.3. The molecule has 9 heteroatoms. The third-order valence-electron chi connectivity index (χ3n) is 4.04. The van der Waals surface area contributed by atoms with Gasteiger partial charge >= 0.3 is 0 Å². The Balaban J connectivity index is 1.61. The smallest absolute Gasteiger partial charge is 0.216 e. The molecule has 2 atom stereocenters. The van der Waals surface area contributed by atoms with Gasteiger partial charge in [-0.25, -0.2) is 4.52 Å². The summed E-state index contributed by atoms with van der Waals surface area (Å²) in [4.78, 5) is 1.83. The molecular weight excluding hydrogens is 416 g/mol. The minimum atomic E-state index is -0.977. The number of rotatable bonds is 5. The zero-order chi connectivity index (χ0) is 19.6. The molecule has 146 valence electrons. The van der Waals surface area contributed by atoms with Crippen LogP contribution in [0.15, 0.2) is 22.9 Å². The molecule has 1 fully saturated rings. The van der Waals surface area contributed by atoms with Crippen LogP contribution in [-0.4, -0.2) is 64.0 Å². The van der Waals surface area contributed by atoms with Crippen LogP contribution in [0.5, 0.6) is 5.75 Å². The number of pyridine rings is 1. The zero-order valence-electron chi connectivity index (χ0n) is 15.6. The van der Waals surface area contributed by atoms with Crippen LogP contribution in [0.1, 0.15) is 26.3 Å². The molecule has 3 rings (SSSR count). The summed E-state index contributed by atoms with van der Waals surface area (Å²) in [5, 5.41) is 23.6. The fraction of sp³-hybridized carbons (Fsp3) is 0.556. The van der Waals surface area contributed by atoms with Gasteiger partial charge in [-0.3, -0.25) is 4.90 Å². The average Bonchev–Trinajstić information content (AvgIpc) is 3.02. The highest BCUT2D eigenvalue weighted by molar-refractivity contribution is 9.10. The molecule has 0 saturated carbocycles. The number of halogens is 1. The van der Waals surface area contributed by atoms with Gasteiger partial charge in [-0.2, -0.15) is 10.4 Å². The summed E-state index contributed by atoms with van der Waals surface area (Å²) >= 11 is 3.46. The van der Waals surface area contributed by atoms with Crippen LogP contribution in [0.2, 0.25) is 0 Å². The first kappa shape index (κ1) is 20.0. The number of hydrogen-bond acceptors (Lipinski definition) is 7. The van der Waals surface area contributed by atoms with Crippen molar-refractivity contribution in [3.63, 3.8) is 0 Å². The van der Waals surface area contributed by atoms with E-state index in [2.05, 4.69) is 27.1 Å². The van der Waals surface area contributed by atoms with E-state index >= 15 is 0 Å². The van der Waals surface area contributed by atoms with Gasteiger partial charge in [0, 0.05) is 17.6 Å². The Kier molecular flexibility index (Phi) is 6.03. The van der Waals surface area contributed by atoms with Crippen LogP contribution in [-0.2, 0) is 9.47 Å². The minimum Gasteiger partial charge on any atom is -0.489 e. The van der Waals surface area contributed by atoms with Crippen LogP contribution in [0, 0.1) is 11.3 Å². The molecule has 27 heavy (non-hydrogen) atoms. The van der Waals surface area contributed by atoms with E-state index in [0.29, 0.717) is 43.1 Å². The standard InChI is InChI=1S/C18H23BrN4O4/c1-18(2,3)27-17(24)22-4-5-25-14(9-22)11-26-13-6-15(19)16-12(7-20)8-21-23(16)10-13/h6,8,10,14,17,24H,4-5,9,11H2,1-3H3/t14-,17?/m1/s1. The number of morpholine rings is 1. The first-order valence-electron chi connectivity index (χ1n) is 8.68. The van der Waals surface area contributed by atoms with Gasteiger partial charge in [-0.15, -0.1) is 0 Å². The molecular formula is C18H23BrN4O4. The van der Waals surface area contributed by atoms with E-state index in [9.17, 15) is 5.11 Å². The van der Waals surface area contributed by atoms with Crippen LogP contribution < -0.4 is 4.74 Å². The molecule has 2 aromatic heterocycles. The van der Waals surface area contributed by atoms with Crippen molar-refractivity contribution in [2.45, 2.75) is 38.9 Å². The van der Waals surface area contributed by atoms with E-state index in [-0.39, 0.29) is 6.10 Å². The Hall–Kier alpha value is -1.70. The number of fused-ring (bicyclic) bond motifs is 1. The van der Waals surface area contributed by atoms with Crippen molar-refractivity contribution in [3.05, 3.63) is 28.5 Å². The number of nitrogens with zero attached hydrogens (tertiary/aromatic N) is 4. The van der Waals surface area contributed by atoms with Crippen LogP contribution in [0.3, 0.4) is 0 Å². The molecule has 0 amide bonds. The van der Waals surface area contributed by atoms with Crippen molar-refractivity contribution in [2.75, 3.05) is 26.3 Å². The second-order valence-corrected chi connectivity index (χ2v) is 8.20. The summed E-state index contributed by atoms with van der Waals surface area (Å²) < 4.78 is 19.5. The van der Waals surface area contributed by atoms with E-state index in [0.717, 1.165) is 4.47 Å². The van der Waals surface area contributed by atoms with E-state index < -0.39 is 12.0 Å². The number of aromatic nitrogens is 2. The highest BCUT2D eigenvalue weighted by Gasteiger charge is 2.29. The van der Waals surface area contributed by atoms with Gasteiger partial charge < -0.3 is 19.3 Å². The molecule has 1 aliphatic rings. The van der Waals surface area contributed by atoms with Gasteiger partial charge in [0.25, 0.3) is 0 Å². The summed E-state index contributed by atoms with van der Waals surface area (Å²) in [6, 6.07) is 3.91. The van der Waals surface area contributed by atoms with Gasteiger partial charge in [-0.05, 0) is 42.8 Å². The molecule has 0 bridgehead atoms. The second-order valence-electron chi connectivity index (χ2n) is 7.34. The predicted octanol–water partition coefficient (Wildman–Crippen LogP) is 2.14. The van der Waals surface area contributed by atoms with Crippen LogP contribution in [0.4, 0.5) is 0 Å². The first-order valence-corrected chi connectivity index (χ1v) is 9.47. The highest BCUT2D eigenvalue weighted by atomic mass is 79.9. The lowest BCUT2D eigenvalue weighted by Crippen LogP contribution is -2.51. The minimum absolute atomic E-state index is 0.196. The monoisotopic (exact) mass is 438 g/mol. The Labute approximate surface area is 166 Å². The number of nitriles is 1. The lowest BCUT2D eigenvalue weighted by molar-refractivity contribution is -0.256. The third kappa shape index (κ3) is 4.97. The molecule has 1 aliphatic heterocycles. The number of aliphatic hydroxyl groups excluding tert-OH is 1. The fourth-order valence-corrected chi connectivity index (χ4v) is 3.45. The molecule has 0 aliphatic carbocycles. The molecule has 3 heterocycles. The van der Waals surface area contributed by atoms with Crippen molar-refractivity contribution >= 4 is 21.4 Å². The second kappa shape index (κ2) is 8.12. The van der Waals surface area contributed by atoms with E-state index in [1.165, 1.54) is 6.20 Å². The highest BCUT2D eigenvalue weighted by Crippen LogP contribution is 2.26. The lowest BCUT2D eigenvalue weighted by Gasteiger charge is -2.37. The predicted molar refractivity (Wildman–Crippen MR) is 101 cm³/mol. The summed E-state index contributed by atoms with van der Waals surface area (Å²) in [6.45, 7) is 7.61. The Morgan fingerprint density at radius 2 is 2.30 bits per heavy atom. The summed E-state index contributed by atoms with van der Waals surface area (Å²) in [5.74, 6) is 0.606. The molecule has 1 N–H and O–H groups in total. The third-order valence-corrected chi connectivity index (χ3v) is 4.64. The maximum absolute atomic E-state index is 10.3. The Morgan fingerprint density at radius 1 is 1.52 bits per heavy atom. The first-order chi connectivity index (χ1) is 12.8. The molecule has 0 spiro atoms. The van der Waals surface area contributed by atoms with Crippen molar-refractivity contribution in [1.29, 1.82) is 5.26 Å². The topological polar surface area (TPSA) is 92.3 Å². The lowest BCUT2D eigenvalue weighted by atomic mass is 10.2. The molecule has 0 radical (unpaired) electrons. The van der Waals surface area contributed by atoms with Gasteiger partial charge in [0.15, 0.2) is 0 Å². The van der Waals surface area contributed by atoms with Crippen LogP contribution in [0.25, 0.3) is 5.52 Å². The van der Waals surface area contributed by atoms with E-state index in [1.807, 2.05) is 25.7 Å². The van der Waals surface area contributed by atoms with E-state index in [4.69, 9.17) is 19.5 Å². The van der Waals surface area contributed by atoms with Crippen molar-refractivity contribution < 1.29 is 19.3 Å². The average molecular weight is 439 g/mol. The molecule has 1 unspecified atom stereocenters. The zero-order valence-corrected chi connectivity index (χ0v) is 17.1. The summed E-state index contributed by atoms with van der Waals surface area (Å²) in [6.07, 6.45) is 2.07. The fourth-order valence-electron chi connectivity index (χ4n) is 2.83. The molecule has 8 nitrogen and oxygen atoms in total. The Morgan fingerprint density at radius 3 is 3.00 bits per heavy atom. The normalized spacial score (nSPS) is 19.8. The SMILES string of the molecule is CC(C)(C)OC(O)N1CCO[C@@H](COc2cc(Br)c3c(C#N)cnn3c2)C1. The van der Waals surface area contributed by atoms with Crippen LogP contribution >= 0.6 is 15.9 Å². The van der Waals surface area contributed by atoms with Crippen molar-refractivity contribution in [2.24, 2.45) is 0 Å². The maximum Gasteiger partial charge on any atom is 0.216 e. The number of aliphatic hydroxyl groups is 1. The van der Waals surface area contributed by atoms with Crippen molar-refractivity contribution in [3.8, 4) is 11.8 Å². The van der Waals surface area contributed by atoms with Gasteiger partial charge in [-0.1, -0.05) is 0 Å².